The minimum Gasteiger partial charge on any atom is -0.392 e. The van der Waals surface area contributed by atoms with E-state index in [1.54, 1.807) is 18.6 Å². The lowest BCUT2D eigenvalue weighted by Crippen LogP contribution is -2.54. The van der Waals surface area contributed by atoms with Crippen molar-refractivity contribution in [3.05, 3.63) is 60.2 Å². The third kappa shape index (κ3) is 3.54. The van der Waals surface area contributed by atoms with Crippen molar-refractivity contribution < 1.29 is 18.3 Å². The highest BCUT2D eigenvalue weighted by molar-refractivity contribution is 5.98. The van der Waals surface area contributed by atoms with E-state index in [1.165, 1.54) is 10.6 Å². The van der Waals surface area contributed by atoms with Crippen molar-refractivity contribution in [2.45, 2.75) is 30.8 Å². The van der Waals surface area contributed by atoms with Crippen LogP contribution in [-0.2, 0) is 6.18 Å². The number of halogens is 3. The van der Waals surface area contributed by atoms with Gasteiger partial charge in [0.2, 0.25) is 0 Å². The van der Waals surface area contributed by atoms with Crippen molar-refractivity contribution >= 4 is 11.5 Å². The second-order valence-corrected chi connectivity index (χ2v) is 7.95. The number of likely N-dealkylation sites (tertiary alicyclic amines) is 1. The zero-order chi connectivity index (χ0) is 22.5. The first-order chi connectivity index (χ1) is 15.3. The number of amidine groups is 1. The number of piperidine rings is 1. The minimum atomic E-state index is -4.56. The van der Waals surface area contributed by atoms with Gasteiger partial charge in [-0.3, -0.25) is 14.4 Å². The zero-order valence-electron chi connectivity index (χ0n) is 17.1. The molecule has 3 atom stereocenters. The fourth-order valence-corrected chi connectivity index (χ4v) is 4.35. The molecule has 0 bridgehead atoms. The predicted octanol–water partition coefficient (Wildman–Crippen LogP) is 1.85. The normalized spacial score (nSPS) is 24.8. The van der Waals surface area contributed by atoms with Crippen LogP contribution in [0.15, 0.2) is 48.3 Å². The number of nitrogens with one attached hydrogen (secondary N) is 1. The number of nitrogens with zero attached hydrogens (tertiary/aromatic N) is 7. The summed E-state index contributed by atoms with van der Waals surface area (Å²) in [5.41, 5.74) is 0.681. The molecule has 0 spiro atoms. The largest absolute Gasteiger partial charge is 0.434 e. The third-order valence-corrected chi connectivity index (χ3v) is 6.03. The first-order valence-electron chi connectivity index (χ1n) is 10.1. The lowest BCUT2D eigenvalue weighted by atomic mass is 9.89. The molecule has 2 aliphatic rings. The van der Waals surface area contributed by atoms with Crippen LogP contribution in [0.4, 0.5) is 13.2 Å². The van der Waals surface area contributed by atoms with E-state index in [4.69, 9.17) is 0 Å². The Morgan fingerprint density at radius 2 is 2.03 bits per heavy atom. The minimum absolute atomic E-state index is 0.0946. The second-order valence-electron chi connectivity index (χ2n) is 7.95. The summed E-state index contributed by atoms with van der Waals surface area (Å²) < 4.78 is 40.9. The van der Waals surface area contributed by atoms with Gasteiger partial charge in [-0.2, -0.15) is 18.3 Å². The van der Waals surface area contributed by atoms with Gasteiger partial charge < -0.3 is 10.0 Å². The molecule has 0 aromatic carbocycles. The smallest absolute Gasteiger partial charge is 0.392 e. The van der Waals surface area contributed by atoms with E-state index < -0.39 is 18.0 Å². The maximum absolute atomic E-state index is 13.2. The van der Waals surface area contributed by atoms with E-state index in [2.05, 4.69) is 30.1 Å². The van der Waals surface area contributed by atoms with Crippen molar-refractivity contribution in [3.8, 4) is 0 Å². The summed E-state index contributed by atoms with van der Waals surface area (Å²) in [6.45, 7) is 1.26. The quantitative estimate of drug-likeness (QED) is 0.638. The van der Waals surface area contributed by atoms with Gasteiger partial charge in [0, 0.05) is 44.6 Å². The molecule has 32 heavy (non-hydrogen) atoms. The molecule has 3 unspecified atom stereocenters. The van der Waals surface area contributed by atoms with Gasteiger partial charge in [0.1, 0.15) is 11.9 Å². The Hall–Kier alpha value is -3.25. The van der Waals surface area contributed by atoms with E-state index in [0.717, 1.165) is 18.0 Å². The zero-order valence-corrected chi connectivity index (χ0v) is 17.1. The Morgan fingerprint density at radius 3 is 2.78 bits per heavy atom. The van der Waals surface area contributed by atoms with Gasteiger partial charge in [-0.15, -0.1) is 0 Å². The van der Waals surface area contributed by atoms with Crippen LogP contribution in [0.3, 0.4) is 0 Å². The Kier molecular flexibility index (Phi) is 4.97. The number of hydrogen-bond acceptors (Lipinski definition) is 7. The molecule has 5 rings (SSSR count). The topological polar surface area (TPSA) is 97.9 Å². The highest BCUT2D eigenvalue weighted by atomic mass is 19.4. The average Bonchev–Trinajstić information content (AvgIpc) is 3.43. The number of aromatic nitrogens is 5. The number of rotatable bonds is 3. The maximum Gasteiger partial charge on any atom is 0.434 e. The van der Waals surface area contributed by atoms with Crippen LogP contribution < -0.4 is 0 Å². The van der Waals surface area contributed by atoms with E-state index in [9.17, 15) is 18.3 Å². The summed E-state index contributed by atoms with van der Waals surface area (Å²) in [6, 6.07) is 0. The molecule has 1 saturated heterocycles. The molecule has 0 amide bonds. The number of fused-ring (bicyclic) bond motifs is 1. The lowest BCUT2D eigenvalue weighted by molar-refractivity contribution is -0.141. The Balaban J connectivity index is 1.43. The first-order valence-corrected chi connectivity index (χ1v) is 10.1. The predicted molar refractivity (Wildman–Crippen MR) is 109 cm³/mol. The van der Waals surface area contributed by atoms with E-state index in [-0.39, 0.29) is 12.1 Å². The number of aliphatic imine (C=N–C) groups is 1. The molecule has 168 valence electrons. The fourth-order valence-electron chi connectivity index (χ4n) is 4.35. The Morgan fingerprint density at radius 1 is 1.19 bits per heavy atom. The number of aliphatic hydroxyl groups excluding tert-OH is 1. The summed E-state index contributed by atoms with van der Waals surface area (Å²) in [6.07, 6.45) is 6.01. The second kappa shape index (κ2) is 7.71. The van der Waals surface area contributed by atoms with Crippen molar-refractivity contribution in [3.63, 3.8) is 0 Å². The fraction of sp³-hybridized carbons (Fsp3) is 0.400. The van der Waals surface area contributed by atoms with E-state index >= 15 is 0 Å². The van der Waals surface area contributed by atoms with Gasteiger partial charge in [0.15, 0.2) is 17.2 Å². The van der Waals surface area contributed by atoms with Gasteiger partial charge in [-0.1, -0.05) is 0 Å². The molecule has 9 nitrogen and oxygen atoms in total. The van der Waals surface area contributed by atoms with E-state index in [1.807, 2.05) is 18.0 Å². The molecule has 5 heterocycles. The molecular formula is C20H21F3N8O. The molecule has 0 radical (unpaired) electrons. The molecule has 12 heteroatoms. The molecule has 2 N–H and O–H groups in total. The number of H-pyrrole nitrogens is 1. The molecule has 1 fully saturated rings. The summed E-state index contributed by atoms with van der Waals surface area (Å²) in [5, 5.41) is 17.3. The average molecular weight is 446 g/mol. The monoisotopic (exact) mass is 446 g/mol. The van der Waals surface area contributed by atoms with Crippen molar-refractivity contribution in [1.29, 1.82) is 0 Å². The Bertz CT molecular complexity index is 1170. The van der Waals surface area contributed by atoms with Gasteiger partial charge in [-0.25, -0.2) is 15.0 Å². The standard InChI is InChI=1S/C20H21F3N8O/c1-29-18(30-5-3-15(32)13(10-30)12-6-27-28-7-12)2-4-24-19(29)14-8-26-17-9-25-16(11-31(14)17)20(21,22)23/h2,4,6-9,11,13,15,18,32H,3,5,10H2,1H3,(H,27,28). The van der Waals surface area contributed by atoms with Crippen LogP contribution in [-0.4, -0.2) is 77.7 Å². The number of alkyl halides is 3. The number of imidazole rings is 1. The summed E-state index contributed by atoms with van der Waals surface area (Å²) in [5.74, 6) is 0.401. The molecule has 0 saturated carbocycles. The number of hydrogen-bond donors (Lipinski definition) is 2. The van der Waals surface area contributed by atoms with Crippen LogP contribution in [0.1, 0.15) is 29.3 Å². The first kappa shape index (κ1) is 20.6. The maximum atomic E-state index is 13.2. The number of aromatic amines is 1. The number of likely N-dealkylation sites (N-methyl/N-ethyl adjacent to an activating group) is 1. The molecule has 2 aliphatic heterocycles. The van der Waals surface area contributed by atoms with Crippen molar-refractivity contribution in [2.24, 2.45) is 4.99 Å². The van der Waals surface area contributed by atoms with Gasteiger partial charge in [0.05, 0.1) is 24.7 Å². The van der Waals surface area contributed by atoms with Crippen LogP contribution in [0.25, 0.3) is 5.65 Å². The lowest BCUT2D eigenvalue weighted by Gasteiger charge is -2.44. The third-order valence-electron chi connectivity index (χ3n) is 6.03. The van der Waals surface area contributed by atoms with Crippen LogP contribution in [0, 0.1) is 0 Å². The summed E-state index contributed by atoms with van der Waals surface area (Å²) in [7, 11) is 1.84. The van der Waals surface area contributed by atoms with E-state index in [0.29, 0.717) is 36.7 Å². The highest BCUT2D eigenvalue weighted by Crippen LogP contribution is 2.30. The van der Waals surface area contributed by atoms with Gasteiger partial charge in [0.25, 0.3) is 0 Å². The SMILES string of the molecule is CN1C(c2cnc3cnc(C(F)(F)F)cn23)=NC=CC1N1CCC(O)C(c2cn[nH]c2)C1. The van der Waals surface area contributed by atoms with Crippen molar-refractivity contribution in [1.82, 2.24) is 34.4 Å². The van der Waals surface area contributed by atoms with Crippen LogP contribution in [0.2, 0.25) is 0 Å². The molecule has 3 aromatic heterocycles. The van der Waals surface area contributed by atoms with Crippen LogP contribution in [0.5, 0.6) is 0 Å². The summed E-state index contributed by atoms with van der Waals surface area (Å²) in [4.78, 5) is 16.2. The van der Waals surface area contributed by atoms with Gasteiger partial charge >= 0.3 is 6.18 Å². The molecule has 0 aliphatic carbocycles. The van der Waals surface area contributed by atoms with Gasteiger partial charge in [-0.05, 0) is 18.1 Å². The number of aliphatic hydroxyl groups is 1. The highest BCUT2D eigenvalue weighted by Gasteiger charge is 2.36. The Labute approximate surface area is 180 Å². The summed E-state index contributed by atoms with van der Waals surface area (Å²) >= 11 is 0. The molecule has 3 aromatic rings. The van der Waals surface area contributed by atoms with Crippen LogP contribution >= 0.6 is 0 Å². The molecular weight excluding hydrogens is 425 g/mol. The van der Waals surface area contributed by atoms with Crippen molar-refractivity contribution in [2.75, 3.05) is 20.1 Å².